The number of hydrogen-bond donors (Lipinski definition) is 0. The third-order valence-corrected chi connectivity index (χ3v) is 4.91. The summed E-state index contributed by atoms with van der Waals surface area (Å²) in [6, 6.07) is 10.3. The van der Waals surface area contributed by atoms with Crippen LogP contribution in [0.1, 0.15) is 24.2 Å². The molecule has 8 heteroatoms. The smallest absolute Gasteiger partial charge is 0.279 e. The minimum Gasteiger partial charge on any atom is -0.369 e. The first-order valence-electron chi connectivity index (χ1n) is 8.65. The van der Waals surface area contributed by atoms with Crippen LogP contribution >= 0.6 is 11.6 Å². The van der Waals surface area contributed by atoms with E-state index in [-0.39, 0.29) is 23.6 Å². The predicted molar refractivity (Wildman–Crippen MR) is 103 cm³/mol. The van der Waals surface area contributed by atoms with Gasteiger partial charge in [0.05, 0.1) is 35.7 Å². The summed E-state index contributed by atoms with van der Waals surface area (Å²) in [4.78, 5) is 24.7. The molecule has 0 N–H and O–H groups in total. The van der Waals surface area contributed by atoms with Crippen LogP contribution in [0.15, 0.2) is 48.5 Å². The van der Waals surface area contributed by atoms with E-state index in [0.717, 1.165) is 17.7 Å². The topological polar surface area (TPSA) is 72.7 Å². The zero-order valence-electron chi connectivity index (χ0n) is 15.0. The van der Waals surface area contributed by atoms with Crippen molar-refractivity contribution < 1.29 is 18.8 Å². The second-order valence-corrected chi connectivity index (χ2v) is 6.88. The van der Waals surface area contributed by atoms with Gasteiger partial charge >= 0.3 is 0 Å². The van der Waals surface area contributed by atoms with E-state index < -0.39 is 16.4 Å². The van der Waals surface area contributed by atoms with Crippen LogP contribution in [-0.2, 0) is 9.53 Å². The summed E-state index contributed by atoms with van der Waals surface area (Å²) in [5.41, 5.74) is 0.559. The molecule has 6 nitrogen and oxygen atoms in total. The summed E-state index contributed by atoms with van der Waals surface area (Å²) < 4.78 is 19.1. The minimum atomic E-state index is -0.709. The summed E-state index contributed by atoms with van der Waals surface area (Å²) in [6.07, 6.45) is 2.22. The molecule has 1 heterocycles. The number of nitrogens with zero attached hydrogens (tertiary/aromatic N) is 2. The van der Waals surface area contributed by atoms with Gasteiger partial charge in [0.1, 0.15) is 11.9 Å². The lowest BCUT2D eigenvalue weighted by molar-refractivity contribution is -0.385. The van der Waals surface area contributed by atoms with Crippen molar-refractivity contribution in [3.8, 4) is 0 Å². The fraction of sp³-hybridized carbons (Fsp3) is 0.250. The molecule has 0 bridgehead atoms. The molecule has 3 rings (SSSR count). The Morgan fingerprint density at radius 2 is 2.11 bits per heavy atom. The number of amides is 1. The molecule has 2 unspecified atom stereocenters. The number of morpholine rings is 1. The number of ether oxygens (including phenoxy) is 1. The predicted octanol–water partition coefficient (Wildman–Crippen LogP) is 4.39. The van der Waals surface area contributed by atoms with Gasteiger partial charge in [0.2, 0.25) is 5.91 Å². The lowest BCUT2D eigenvalue weighted by atomic mass is 10.1. The molecule has 2 aromatic rings. The van der Waals surface area contributed by atoms with E-state index in [2.05, 4.69) is 0 Å². The summed E-state index contributed by atoms with van der Waals surface area (Å²) in [5, 5.41) is 11.6. The molecule has 0 radical (unpaired) electrons. The number of nitro groups is 1. The molecule has 1 saturated heterocycles. The summed E-state index contributed by atoms with van der Waals surface area (Å²) in [7, 11) is 0. The van der Waals surface area contributed by atoms with Gasteiger partial charge in [-0.3, -0.25) is 14.9 Å². The molecule has 0 aliphatic carbocycles. The Kier molecular flexibility index (Phi) is 6.06. The third kappa shape index (κ3) is 4.37. The molecule has 0 saturated carbocycles. The highest BCUT2D eigenvalue weighted by molar-refractivity contribution is 6.31. The van der Waals surface area contributed by atoms with Gasteiger partial charge in [-0.05, 0) is 31.2 Å². The maximum Gasteiger partial charge on any atom is 0.279 e. The molecule has 1 fully saturated rings. The summed E-state index contributed by atoms with van der Waals surface area (Å²) in [5.74, 6) is -1.02. The van der Waals surface area contributed by atoms with Crippen LogP contribution in [0, 0.1) is 15.9 Å². The molecule has 146 valence electrons. The SMILES string of the molecule is CC1COC(c2ccccc2Cl)CN1C(=O)/C=C/c1ccc(F)cc1[N+](=O)[O-]. The minimum absolute atomic E-state index is 0.156. The van der Waals surface area contributed by atoms with E-state index in [4.69, 9.17) is 16.3 Å². The number of carbonyl (C=O) groups is 1. The van der Waals surface area contributed by atoms with Gasteiger partial charge in [0, 0.05) is 16.7 Å². The van der Waals surface area contributed by atoms with E-state index in [1.807, 2.05) is 25.1 Å². The highest BCUT2D eigenvalue weighted by atomic mass is 35.5. The second-order valence-electron chi connectivity index (χ2n) is 6.48. The summed E-state index contributed by atoms with van der Waals surface area (Å²) >= 11 is 6.23. The van der Waals surface area contributed by atoms with Crippen molar-refractivity contribution in [2.75, 3.05) is 13.2 Å². The molecule has 0 spiro atoms. The van der Waals surface area contributed by atoms with Crippen LogP contribution in [0.3, 0.4) is 0 Å². The Morgan fingerprint density at radius 3 is 2.82 bits per heavy atom. The van der Waals surface area contributed by atoms with Crippen molar-refractivity contribution in [3.63, 3.8) is 0 Å². The number of benzene rings is 2. The molecule has 1 amide bonds. The lowest BCUT2D eigenvalue weighted by Crippen LogP contribution is -2.47. The zero-order valence-corrected chi connectivity index (χ0v) is 15.8. The Bertz CT molecular complexity index is 934. The van der Waals surface area contributed by atoms with Crippen LogP contribution in [0.2, 0.25) is 5.02 Å². The fourth-order valence-electron chi connectivity index (χ4n) is 3.06. The standard InChI is InChI=1S/C20H18ClFN2O4/c1-13-12-28-19(16-4-2-3-5-17(16)21)11-23(13)20(25)9-7-14-6-8-15(22)10-18(14)24(26)27/h2-10,13,19H,11-12H2,1H3/b9-7+. The van der Waals surface area contributed by atoms with Gasteiger partial charge in [-0.2, -0.15) is 0 Å². The first-order valence-corrected chi connectivity index (χ1v) is 9.03. The van der Waals surface area contributed by atoms with Crippen LogP contribution in [0.4, 0.5) is 10.1 Å². The quantitative estimate of drug-likeness (QED) is 0.430. The van der Waals surface area contributed by atoms with Crippen LogP contribution in [0.5, 0.6) is 0 Å². The first kappa shape index (κ1) is 20.0. The van der Waals surface area contributed by atoms with Crippen molar-refractivity contribution in [1.29, 1.82) is 0 Å². The van der Waals surface area contributed by atoms with E-state index in [9.17, 15) is 19.3 Å². The van der Waals surface area contributed by atoms with Gasteiger partial charge in [0.25, 0.3) is 5.69 Å². The lowest BCUT2D eigenvalue weighted by Gasteiger charge is -2.38. The Morgan fingerprint density at radius 1 is 1.36 bits per heavy atom. The molecular formula is C20H18ClFN2O4. The number of rotatable bonds is 4. The van der Waals surface area contributed by atoms with Crippen molar-refractivity contribution in [2.24, 2.45) is 0 Å². The van der Waals surface area contributed by atoms with Gasteiger partial charge < -0.3 is 9.64 Å². The first-order chi connectivity index (χ1) is 13.4. The number of carbonyl (C=O) groups excluding carboxylic acids is 1. The molecule has 28 heavy (non-hydrogen) atoms. The fourth-order valence-corrected chi connectivity index (χ4v) is 3.32. The van der Waals surface area contributed by atoms with E-state index in [0.29, 0.717) is 18.2 Å². The molecule has 2 atom stereocenters. The van der Waals surface area contributed by atoms with Crippen LogP contribution in [0.25, 0.3) is 6.08 Å². The number of halogens is 2. The van der Waals surface area contributed by atoms with Crippen LogP contribution in [-0.4, -0.2) is 34.9 Å². The highest BCUT2D eigenvalue weighted by Gasteiger charge is 2.30. The van der Waals surface area contributed by atoms with Crippen LogP contribution < -0.4 is 0 Å². The largest absolute Gasteiger partial charge is 0.369 e. The Hall–Kier alpha value is -2.77. The molecular weight excluding hydrogens is 387 g/mol. The maximum absolute atomic E-state index is 13.3. The highest BCUT2D eigenvalue weighted by Crippen LogP contribution is 2.30. The van der Waals surface area contributed by atoms with Gasteiger partial charge in [0.15, 0.2) is 0 Å². The average Bonchev–Trinajstić information content (AvgIpc) is 2.67. The van der Waals surface area contributed by atoms with Gasteiger partial charge in [-0.15, -0.1) is 0 Å². The van der Waals surface area contributed by atoms with Crippen molar-refractivity contribution in [3.05, 3.63) is 80.6 Å². The second kappa shape index (κ2) is 8.50. The van der Waals surface area contributed by atoms with Crippen molar-refractivity contribution in [2.45, 2.75) is 19.1 Å². The zero-order chi connectivity index (χ0) is 20.3. The van der Waals surface area contributed by atoms with Crippen molar-refractivity contribution in [1.82, 2.24) is 4.90 Å². The number of nitro benzene ring substituents is 1. The molecule has 1 aliphatic rings. The van der Waals surface area contributed by atoms with E-state index in [1.54, 1.807) is 11.0 Å². The van der Waals surface area contributed by atoms with E-state index in [1.165, 1.54) is 18.2 Å². The monoisotopic (exact) mass is 404 g/mol. The molecule has 1 aliphatic heterocycles. The molecule has 0 aromatic heterocycles. The average molecular weight is 405 g/mol. The summed E-state index contributed by atoms with van der Waals surface area (Å²) in [6.45, 7) is 2.50. The Labute approximate surface area is 166 Å². The normalized spacial score (nSPS) is 19.8. The maximum atomic E-state index is 13.3. The third-order valence-electron chi connectivity index (χ3n) is 4.56. The van der Waals surface area contributed by atoms with Gasteiger partial charge in [-0.1, -0.05) is 29.8 Å². The Balaban J connectivity index is 1.79. The molecule has 2 aromatic carbocycles. The van der Waals surface area contributed by atoms with Crippen molar-refractivity contribution >= 4 is 29.3 Å². The van der Waals surface area contributed by atoms with E-state index >= 15 is 0 Å². The number of hydrogen-bond acceptors (Lipinski definition) is 4. The van der Waals surface area contributed by atoms with Gasteiger partial charge in [-0.25, -0.2) is 4.39 Å².